The van der Waals surface area contributed by atoms with Crippen molar-refractivity contribution in [1.29, 1.82) is 0 Å². The average Bonchev–Trinajstić information content (AvgIpc) is 2.64. The Bertz CT molecular complexity index is 792. The Hall–Kier alpha value is -2.36. The number of aromatic nitrogens is 1. The van der Waals surface area contributed by atoms with Crippen molar-refractivity contribution in [2.45, 2.75) is 59.8 Å². The molecule has 0 radical (unpaired) electrons. The van der Waals surface area contributed by atoms with Gasteiger partial charge in [-0.1, -0.05) is 20.8 Å². The molecule has 1 aliphatic rings. The molecular weight excluding hydrogens is 346 g/mol. The fourth-order valence-electron chi connectivity index (χ4n) is 4.09. The van der Waals surface area contributed by atoms with Crippen LogP contribution in [-0.4, -0.2) is 24.0 Å². The fourth-order valence-corrected chi connectivity index (χ4v) is 4.09. The molecule has 0 bridgehead atoms. The van der Waals surface area contributed by atoms with Crippen LogP contribution >= 0.6 is 0 Å². The smallest absolute Gasteiger partial charge is 0.224 e. The lowest BCUT2D eigenvalue weighted by Crippen LogP contribution is -2.33. The van der Waals surface area contributed by atoms with Crippen LogP contribution in [0.4, 0.5) is 11.4 Å². The van der Waals surface area contributed by atoms with Crippen LogP contribution in [0, 0.1) is 19.3 Å². The summed E-state index contributed by atoms with van der Waals surface area (Å²) in [5.74, 6) is 0.710. The monoisotopic (exact) mass is 379 g/mol. The van der Waals surface area contributed by atoms with Gasteiger partial charge in [0.2, 0.25) is 5.91 Å². The zero-order chi connectivity index (χ0) is 20.3. The summed E-state index contributed by atoms with van der Waals surface area (Å²) in [4.78, 5) is 19.0. The van der Waals surface area contributed by atoms with E-state index in [1.165, 1.54) is 11.3 Å². The predicted molar refractivity (Wildman–Crippen MR) is 117 cm³/mol. The van der Waals surface area contributed by atoms with Gasteiger partial charge in [-0.2, -0.15) is 0 Å². The third-order valence-electron chi connectivity index (χ3n) is 5.51. The molecule has 0 spiro atoms. The first-order chi connectivity index (χ1) is 13.2. The number of carbonyl (C=O) groups is 1. The molecule has 1 amide bonds. The van der Waals surface area contributed by atoms with Gasteiger partial charge in [-0.15, -0.1) is 0 Å². The Morgan fingerprint density at radius 1 is 1.11 bits per heavy atom. The van der Waals surface area contributed by atoms with Crippen LogP contribution in [0.15, 0.2) is 36.7 Å². The van der Waals surface area contributed by atoms with Gasteiger partial charge < -0.3 is 10.2 Å². The highest BCUT2D eigenvalue weighted by Crippen LogP contribution is 2.33. The van der Waals surface area contributed by atoms with Gasteiger partial charge in [-0.3, -0.25) is 9.78 Å². The summed E-state index contributed by atoms with van der Waals surface area (Å²) in [5.41, 5.74) is 5.88. The lowest BCUT2D eigenvalue weighted by Gasteiger charge is -2.34. The summed E-state index contributed by atoms with van der Waals surface area (Å²) < 4.78 is 0. The van der Waals surface area contributed by atoms with Gasteiger partial charge in [-0.05, 0) is 79.0 Å². The molecule has 0 saturated carbocycles. The van der Waals surface area contributed by atoms with E-state index >= 15 is 0 Å². The van der Waals surface area contributed by atoms with Gasteiger partial charge in [0.25, 0.3) is 0 Å². The second-order valence-corrected chi connectivity index (χ2v) is 9.28. The van der Waals surface area contributed by atoms with Crippen molar-refractivity contribution in [2.24, 2.45) is 5.41 Å². The second kappa shape index (κ2) is 8.34. The van der Waals surface area contributed by atoms with Crippen molar-refractivity contribution >= 4 is 17.3 Å². The topological polar surface area (TPSA) is 45.2 Å². The number of nitrogens with one attached hydrogen (secondary N) is 1. The summed E-state index contributed by atoms with van der Waals surface area (Å²) in [6.07, 6.45) is 6.62. The lowest BCUT2D eigenvalue weighted by atomic mass is 9.89. The number of hydrogen-bond acceptors (Lipinski definition) is 3. The van der Waals surface area contributed by atoms with Crippen molar-refractivity contribution in [1.82, 2.24) is 4.98 Å². The van der Waals surface area contributed by atoms with E-state index in [2.05, 4.69) is 74.1 Å². The van der Waals surface area contributed by atoms with Crippen molar-refractivity contribution in [2.75, 3.05) is 23.3 Å². The molecule has 1 aromatic carbocycles. The number of amides is 1. The fraction of sp³-hybridized carbons (Fsp3) is 0.500. The average molecular weight is 380 g/mol. The maximum Gasteiger partial charge on any atom is 0.224 e. The van der Waals surface area contributed by atoms with Crippen molar-refractivity contribution in [3.63, 3.8) is 0 Å². The summed E-state index contributed by atoms with van der Waals surface area (Å²) in [6, 6.07) is 8.71. The van der Waals surface area contributed by atoms with Crippen molar-refractivity contribution in [3.8, 4) is 0 Å². The molecule has 1 saturated heterocycles. The molecule has 4 nitrogen and oxygen atoms in total. The van der Waals surface area contributed by atoms with Gasteiger partial charge in [0.15, 0.2) is 0 Å². The SMILES string of the molecule is Cc1cc(N2CCC(c3ccncc3)CC2)cc(C)c1NC(=O)CC(C)(C)C. The van der Waals surface area contributed by atoms with Crippen LogP contribution in [0.3, 0.4) is 0 Å². The first-order valence-electron chi connectivity index (χ1n) is 10.3. The van der Waals surface area contributed by atoms with Crippen LogP contribution in [0.1, 0.15) is 62.6 Å². The molecule has 3 rings (SSSR count). The number of rotatable bonds is 4. The van der Waals surface area contributed by atoms with Gasteiger partial charge in [0.05, 0.1) is 0 Å². The van der Waals surface area contributed by atoms with Crippen LogP contribution in [0.25, 0.3) is 0 Å². The maximum atomic E-state index is 12.4. The highest BCUT2D eigenvalue weighted by atomic mass is 16.1. The second-order valence-electron chi connectivity index (χ2n) is 9.28. The molecule has 2 aromatic rings. The molecule has 1 N–H and O–H groups in total. The first-order valence-corrected chi connectivity index (χ1v) is 10.3. The zero-order valence-corrected chi connectivity index (χ0v) is 17.9. The van der Waals surface area contributed by atoms with Gasteiger partial charge in [-0.25, -0.2) is 0 Å². The van der Waals surface area contributed by atoms with Crippen LogP contribution < -0.4 is 10.2 Å². The van der Waals surface area contributed by atoms with Crippen LogP contribution in [0.5, 0.6) is 0 Å². The number of pyridine rings is 1. The number of anilines is 2. The van der Waals surface area contributed by atoms with E-state index < -0.39 is 0 Å². The van der Waals surface area contributed by atoms with E-state index in [0.29, 0.717) is 12.3 Å². The Balaban J connectivity index is 1.67. The number of nitrogens with zero attached hydrogens (tertiary/aromatic N) is 2. The molecule has 1 aromatic heterocycles. The normalized spacial score (nSPS) is 15.5. The summed E-state index contributed by atoms with van der Waals surface area (Å²) >= 11 is 0. The summed E-state index contributed by atoms with van der Waals surface area (Å²) in [5, 5.41) is 3.13. The van der Waals surface area contributed by atoms with E-state index in [1.807, 2.05) is 12.4 Å². The Morgan fingerprint density at radius 2 is 1.68 bits per heavy atom. The zero-order valence-electron chi connectivity index (χ0n) is 17.9. The number of hydrogen-bond donors (Lipinski definition) is 1. The van der Waals surface area contributed by atoms with E-state index in [1.54, 1.807) is 0 Å². The van der Waals surface area contributed by atoms with Gasteiger partial charge >= 0.3 is 0 Å². The molecule has 0 unspecified atom stereocenters. The van der Waals surface area contributed by atoms with E-state index in [0.717, 1.165) is 42.7 Å². The Labute approximate surface area is 169 Å². The first kappa shape index (κ1) is 20.4. The minimum absolute atomic E-state index is 0.00894. The number of piperidine rings is 1. The van der Waals surface area contributed by atoms with E-state index in [9.17, 15) is 4.79 Å². The van der Waals surface area contributed by atoms with E-state index in [-0.39, 0.29) is 11.3 Å². The van der Waals surface area contributed by atoms with Crippen LogP contribution in [-0.2, 0) is 4.79 Å². The molecule has 1 aliphatic heterocycles. The van der Waals surface area contributed by atoms with Crippen molar-refractivity contribution in [3.05, 3.63) is 53.3 Å². The Morgan fingerprint density at radius 3 is 2.21 bits per heavy atom. The summed E-state index contributed by atoms with van der Waals surface area (Å²) in [6.45, 7) is 12.6. The Kier molecular flexibility index (Phi) is 6.07. The maximum absolute atomic E-state index is 12.4. The van der Waals surface area contributed by atoms with Crippen LogP contribution in [0.2, 0.25) is 0 Å². The summed E-state index contributed by atoms with van der Waals surface area (Å²) in [7, 11) is 0. The van der Waals surface area contributed by atoms with E-state index in [4.69, 9.17) is 0 Å². The highest BCUT2D eigenvalue weighted by molar-refractivity contribution is 5.93. The molecule has 4 heteroatoms. The third-order valence-corrected chi connectivity index (χ3v) is 5.51. The van der Waals surface area contributed by atoms with Crippen molar-refractivity contribution < 1.29 is 4.79 Å². The minimum atomic E-state index is -0.00894. The standard InChI is InChI=1S/C24H33N3O/c1-17-14-21(15-18(2)23(17)26-22(28)16-24(3,4)5)27-12-8-20(9-13-27)19-6-10-25-11-7-19/h6-7,10-11,14-15,20H,8-9,12-13,16H2,1-5H3,(H,26,28). The predicted octanol–water partition coefficient (Wildman–Crippen LogP) is 5.46. The highest BCUT2D eigenvalue weighted by Gasteiger charge is 2.22. The number of carbonyl (C=O) groups excluding carboxylic acids is 1. The molecule has 150 valence electrons. The van der Waals surface area contributed by atoms with Gasteiger partial charge in [0.1, 0.15) is 0 Å². The molecule has 2 heterocycles. The quantitative estimate of drug-likeness (QED) is 0.767. The molecule has 28 heavy (non-hydrogen) atoms. The largest absolute Gasteiger partial charge is 0.371 e. The molecule has 1 fully saturated rings. The molecule has 0 aliphatic carbocycles. The lowest BCUT2D eigenvalue weighted by molar-refractivity contribution is -0.117. The minimum Gasteiger partial charge on any atom is -0.371 e. The number of aryl methyl sites for hydroxylation is 2. The molecular formula is C24H33N3O. The third kappa shape index (κ3) is 5.12. The molecule has 0 atom stereocenters. The number of benzene rings is 1. The van der Waals surface area contributed by atoms with Gasteiger partial charge in [0, 0.05) is 43.3 Å².